The molecule has 0 aromatic heterocycles. The van der Waals surface area contributed by atoms with Crippen LogP contribution in [0.3, 0.4) is 0 Å². The first-order valence-electron chi connectivity index (χ1n) is 11.9. The number of rotatable bonds is 4. The van der Waals surface area contributed by atoms with E-state index < -0.39 is 23.9 Å². The maximum Gasteiger partial charge on any atom is 0.495 e. The van der Waals surface area contributed by atoms with Gasteiger partial charge in [0.05, 0.1) is 11.2 Å². The van der Waals surface area contributed by atoms with Gasteiger partial charge in [-0.25, -0.2) is 4.79 Å². The molecular formula is C24H38BN5O4. The molecule has 2 fully saturated rings. The van der Waals surface area contributed by atoms with Gasteiger partial charge in [-0.2, -0.15) is 0 Å². The molecule has 0 radical (unpaired) electrons. The molecule has 0 saturated carbocycles. The Kier molecular flexibility index (Phi) is 7.30. The lowest BCUT2D eigenvalue weighted by atomic mass is 9.74. The van der Waals surface area contributed by atoms with Crippen LogP contribution in [0.15, 0.2) is 11.2 Å². The zero-order valence-corrected chi connectivity index (χ0v) is 22.1. The van der Waals surface area contributed by atoms with Crippen molar-refractivity contribution in [2.75, 3.05) is 26.2 Å². The molecule has 0 atom stereocenters. The predicted molar refractivity (Wildman–Crippen MR) is 134 cm³/mol. The minimum absolute atomic E-state index is 0.271. The van der Waals surface area contributed by atoms with Crippen LogP contribution in [-0.4, -0.2) is 66.0 Å². The number of amides is 1. The Morgan fingerprint density at radius 3 is 2.18 bits per heavy atom. The Morgan fingerprint density at radius 2 is 1.68 bits per heavy atom. The number of hydrogen-bond donors (Lipinski definition) is 0. The van der Waals surface area contributed by atoms with E-state index in [0.717, 1.165) is 35.2 Å². The number of nitrogens with zero attached hydrogens (tertiary/aromatic N) is 5. The van der Waals surface area contributed by atoms with E-state index in [1.54, 1.807) is 4.90 Å². The molecule has 0 unspecified atom stereocenters. The number of hydrogen-bond acceptors (Lipinski definition) is 6. The Labute approximate surface area is 203 Å². The summed E-state index contributed by atoms with van der Waals surface area (Å²) < 4.78 is 18.1. The summed E-state index contributed by atoms with van der Waals surface area (Å²) in [7, 11) is -0.541. The number of ether oxygens (including phenoxy) is 1. The highest BCUT2D eigenvalue weighted by Crippen LogP contribution is 2.38. The van der Waals surface area contributed by atoms with Crippen molar-refractivity contribution in [1.29, 1.82) is 0 Å². The monoisotopic (exact) mass is 471 g/mol. The summed E-state index contributed by atoms with van der Waals surface area (Å²) in [5.74, 6) is 0. The lowest BCUT2D eigenvalue weighted by Gasteiger charge is -2.36. The van der Waals surface area contributed by atoms with Gasteiger partial charge >= 0.3 is 13.2 Å². The van der Waals surface area contributed by atoms with Crippen LogP contribution in [0, 0.1) is 13.8 Å². The van der Waals surface area contributed by atoms with Crippen molar-refractivity contribution in [3.05, 3.63) is 33.2 Å². The van der Waals surface area contributed by atoms with Crippen molar-refractivity contribution in [2.24, 2.45) is 5.11 Å². The maximum atomic E-state index is 12.4. The van der Waals surface area contributed by atoms with Gasteiger partial charge in [0.2, 0.25) is 0 Å². The summed E-state index contributed by atoms with van der Waals surface area (Å²) in [6.45, 7) is 21.0. The third-order valence-corrected chi connectivity index (χ3v) is 7.02. The quantitative estimate of drug-likeness (QED) is 0.277. The fraction of sp³-hybridized carbons (Fsp3) is 0.708. The fourth-order valence-electron chi connectivity index (χ4n) is 4.20. The fourth-order valence-corrected chi connectivity index (χ4v) is 4.20. The van der Waals surface area contributed by atoms with E-state index in [4.69, 9.17) is 14.0 Å². The molecule has 34 heavy (non-hydrogen) atoms. The number of azide groups is 1. The van der Waals surface area contributed by atoms with Gasteiger partial charge in [-0.05, 0) is 90.0 Å². The summed E-state index contributed by atoms with van der Waals surface area (Å²) in [5.41, 5.74) is 12.1. The topological polar surface area (TPSA) is 100 Å². The standard InChI is InChI=1S/C24H38BN5O4/c1-16-18(15-29-10-12-30(13-11-29)21(31)32-22(3,4)5)14-19(17(2)20(16)27-28-26)25-33-23(6,7)24(8,9)34-25/h14H,10-13,15H2,1-9H3. The van der Waals surface area contributed by atoms with Crippen LogP contribution in [0.4, 0.5) is 10.5 Å². The highest BCUT2D eigenvalue weighted by molar-refractivity contribution is 6.62. The molecule has 10 heteroatoms. The molecule has 2 saturated heterocycles. The van der Waals surface area contributed by atoms with Gasteiger partial charge in [0, 0.05) is 43.3 Å². The SMILES string of the molecule is Cc1c(CN2CCN(C(=O)OC(C)(C)C)CC2)cc(B2OC(C)(C)C(C)(C)O2)c(C)c1N=[N+]=[N-]. The highest BCUT2D eigenvalue weighted by Gasteiger charge is 2.52. The van der Waals surface area contributed by atoms with Crippen molar-refractivity contribution < 1.29 is 18.8 Å². The molecule has 1 aromatic carbocycles. The Morgan fingerprint density at radius 1 is 1.12 bits per heavy atom. The number of carbonyl (C=O) groups is 1. The summed E-state index contributed by atoms with van der Waals surface area (Å²) in [6.07, 6.45) is -0.271. The van der Waals surface area contributed by atoms with Crippen molar-refractivity contribution >= 4 is 24.4 Å². The molecular weight excluding hydrogens is 433 g/mol. The summed E-state index contributed by atoms with van der Waals surface area (Å²) >= 11 is 0. The van der Waals surface area contributed by atoms with Gasteiger partial charge in [-0.1, -0.05) is 11.2 Å². The van der Waals surface area contributed by atoms with Crippen molar-refractivity contribution in [3.8, 4) is 0 Å². The molecule has 0 bridgehead atoms. The zero-order valence-electron chi connectivity index (χ0n) is 22.1. The molecule has 0 aliphatic carbocycles. The average molecular weight is 471 g/mol. The van der Waals surface area contributed by atoms with Crippen molar-refractivity contribution in [1.82, 2.24) is 9.80 Å². The van der Waals surface area contributed by atoms with Crippen LogP contribution in [0.5, 0.6) is 0 Å². The van der Waals surface area contributed by atoms with Gasteiger partial charge < -0.3 is 18.9 Å². The molecule has 3 rings (SSSR count). The Balaban J connectivity index is 1.82. The van der Waals surface area contributed by atoms with Crippen LogP contribution in [0.25, 0.3) is 10.4 Å². The summed E-state index contributed by atoms with van der Waals surface area (Å²) in [5, 5.41) is 4.02. The molecule has 2 aliphatic heterocycles. The molecule has 9 nitrogen and oxygen atoms in total. The van der Waals surface area contributed by atoms with Crippen LogP contribution in [0.1, 0.15) is 65.2 Å². The largest absolute Gasteiger partial charge is 0.495 e. The molecule has 0 N–H and O–H groups in total. The second-order valence-corrected chi connectivity index (χ2v) is 11.2. The smallest absolute Gasteiger partial charge is 0.444 e. The molecule has 2 aliphatic rings. The van der Waals surface area contributed by atoms with Crippen LogP contribution in [-0.2, 0) is 20.6 Å². The first-order chi connectivity index (χ1) is 15.6. The Bertz CT molecular complexity index is 974. The number of carbonyl (C=O) groups excluding carboxylic acids is 1. The van der Waals surface area contributed by atoms with Gasteiger partial charge in [0.15, 0.2) is 0 Å². The van der Waals surface area contributed by atoms with Crippen LogP contribution < -0.4 is 5.46 Å². The van der Waals surface area contributed by atoms with E-state index in [1.807, 2.05) is 62.3 Å². The summed E-state index contributed by atoms with van der Waals surface area (Å²) in [4.78, 5) is 19.5. The van der Waals surface area contributed by atoms with Crippen LogP contribution in [0.2, 0.25) is 0 Å². The Hall–Kier alpha value is -2.26. The first-order valence-corrected chi connectivity index (χ1v) is 11.9. The summed E-state index contributed by atoms with van der Waals surface area (Å²) in [6, 6.07) is 2.11. The third-order valence-electron chi connectivity index (χ3n) is 7.02. The maximum absolute atomic E-state index is 12.4. The van der Waals surface area contributed by atoms with E-state index in [2.05, 4.69) is 21.0 Å². The van der Waals surface area contributed by atoms with Gasteiger partial charge in [0.1, 0.15) is 5.60 Å². The van der Waals surface area contributed by atoms with E-state index >= 15 is 0 Å². The van der Waals surface area contributed by atoms with E-state index in [1.165, 1.54) is 0 Å². The average Bonchev–Trinajstić information content (AvgIpc) is 2.93. The van der Waals surface area contributed by atoms with Gasteiger partial charge in [0.25, 0.3) is 0 Å². The normalized spacial score (nSPS) is 20.3. The number of piperazine rings is 1. The minimum Gasteiger partial charge on any atom is -0.444 e. The molecule has 2 heterocycles. The van der Waals surface area contributed by atoms with E-state index in [0.29, 0.717) is 25.3 Å². The van der Waals surface area contributed by atoms with Crippen molar-refractivity contribution in [2.45, 2.75) is 85.7 Å². The second kappa shape index (κ2) is 9.42. The third kappa shape index (κ3) is 5.52. The number of benzene rings is 1. The minimum atomic E-state index is -0.541. The van der Waals surface area contributed by atoms with Gasteiger partial charge in [-0.3, -0.25) is 4.90 Å². The van der Waals surface area contributed by atoms with Crippen molar-refractivity contribution in [3.63, 3.8) is 0 Å². The van der Waals surface area contributed by atoms with E-state index in [-0.39, 0.29) is 6.09 Å². The predicted octanol–water partition coefficient (Wildman–Crippen LogP) is 4.60. The van der Waals surface area contributed by atoms with Crippen LogP contribution >= 0.6 is 0 Å². The van der Waals surface area contributed by atoms with Gasteiger partial charge in [-0.15, -0.1) is 0 Å². The second-order valence-electron chi connectivity index (χ2n) is 11.2. The first kappa shape index (κ1) is 26.4. The lowest BCUT2D eigenvalue weighted by molar-refractivity contribution is 0.00578. The molecule has 1 aromatic rings. The van der Waals surface area contributed by atoms with E-state index in [9.17, 15) is 10.3 Å². The highest BCUT2D eigenvalue weighted by atomic mass is 16.7. The molecule has 0 spiro atoms. The zero-order chi connectivity index (χ0) is 25.5. The lowest BCUT2D eigenvalue weighted by Crippen LogP contribution is -2.49. The molecule has 186 valence electrons. The molecule has 1 amide bonds.